The Bertz CT molecular complexity index is 438. The van der Waals surface area contributed by atoms with Gasteiger partial charge in [0.2, 0.25) is 0 Å². The van der Waals surface area contributed by atoms with Gasteiger partial charge in [0.15, 0.2) is 0 Å². The highest BCUT2D eigenvalue weighted by Gasteiger charge is 2.18. The second-order valence-electron chi connectivity index (χ2n) is 6.12. The van der Waals surface area contributed by atoms with Crippen LogP contribution in [0.3, 0.4) is 0 Å². The SMILES string of the molecule is C[C@H](COCCCO)[C@H](C)c1cncc(OC[C@@H]2CCN2)c1. The normalized spacial score (nSPS) is 20.2. The lowest BCUT2D eigenvalue weighted by Gasteiger charge is -2.27. The van der Waals surface area contributed by atoms with Crippen LogP contribution < -0.4 is 10.1 Å². The molecule has 0 aliphatic carbocycles. The number of nitrogens with zero attached hydrogens (tertiary/aromatic N) is 1. The number of pyridine rings is 1. The second kappa shape index (κ2) is 9.08. The first-order valence-corrected chi connectivity index (χ1v) is 8.20. The monoisotopic (exact) mass is 308 g/mol. The van der Waals surface area contributed by atoms with Crippen molar-refractivity contribution < 1.29 is 14.6 Å². The fourth-order valence-electron chi connectivity index (χ4n) is 2.36. The Morgan fingerprint density at radius 2 is 2.23 bits per heavy atom. The van der Waals surface area contributed by atoms with Gasteiger partial charge in [0, 0.05) is 32.1 Å². The van der Waals surface area contributed by atoms with Gasteiger partial charge in [-0.05, 0) is 42.9 Å². The molecule has 2 heterocycles. The van der Waals surface area contributed by atoms with Gasteiger partial charge >= 0.3 is 0 Å². The molecule has 2 rings (SSSR count). The smallest absolute Gasteiger partial charge is 0.137 e. The topological polar surface area (TPSA) is 63.6 Å². The molecule has 0 radical (unpaired) electrons. The van der Waals surface area contributed by atoms with Crippen LogP contribution in [0.4, 0.5) is 0 Å². The summed E-state index contributed by atoms with van der Waals surface area (Å²) in [5.74, 6) is 1.59. The lowest BCUT2D eigenvalue weighted by Crippen LogP contribution is -2.46. The van der Waals surface area contributed by atoms with E-state index in [1.165, 1.54) is 12.0 Å². The number of ether oxygens (including phenoxy) is 2. The van der Waals surface area contributed by atoms with Gasteiger partial charge in [0.05, 0.1) is 6.20 Å². The fraction of sp³-hybridized carbons (Fsp3) is 0.706. The number of hydrogen-bond acceptors (Lipinski definition) is 5. The molecule has 0 saturated carbocycles. The van der Waals surface area contributed by atoms with E-state index >= 15 is 0 Å². The second-order valence-corrected chi connectivity index (χ2v) is 6.12. The van der Waals surface area contributed by atoms with Crippen LogP contribution in [0.15, 0.2) is 18.5 Å². The predicted molar refractivity (Wildman–Crippen MR) is 86.2 cm³/mol. The lowest BCUT2D eigenvalue weighted by molar-refractivity contribution is 0.0850. The molecule has 1 aliphatic heterocycles. The fourth-order valence-corrected chi connectivity index (χ4v) is 2.36. The maximum atomic E-state index is 8.75. The van der Waals surface area contributed by atoms with Crippen LogP contribution in [0.1, 0.15) is 38.2 Å². The van der Waals surface area contributed by atoms with Gasteiger partial charge < -0.3 is 19.9 Å². The third-order valence-electron chi connectivity index (χ3n) is 4.32. The molecule has 0 unspecified atom stereocenters. The van der Waals surface area contributed by atoms with E-state index in [1.54, 1.807) is 6.20 Å². The average molecular weight is 308 g/mol. The molecule has 1 aromatic rings. The van der Waals surface area contributed by atoms with Crippen molar-refractivity contribution in [3.05, 3.63) is 24.0 Å². The minimum absolute atomic E-state index is 0.184. The van der Waals surface area contributed by atoms with Crippen LogP contribution in [0.5, 0.6) is 5.75 Å². The quantitative estimate of drug-likeness (QED) is 0.647. The van der Waals surface area contributed by atoms with Gasteiger partial charge in [-0.1, -0.05) is 13.8 Å². The number of hydrogen-bond donors (Lipinski definition) is 2. The molecule has 0 bridgehead atoms. The Morgan fingerprint density at radius 3 is 2.91 bits per heavy atom. The molecule has 5 nitrogen and oxygen atoms in total. The van der Waals surface area contributed by atoms with E-state index in [-0.39, 0.29) is 6.61 Å². The van der Waals surface area contributed by atoms with Crippen molar-refractivity contribution in [3.63, 3.8) is 0 Å². The van der Waals surface area contributed by atoms with E-state index in [9.17, 15) is 0 Å². The van der Waals surface area contributed by atoms with E-state index in [4.69, 9.17) is 14.6 Å². The molecule has 1 aliphatic rings. The summed E-state index contributed by atoms with van der Waals surface area (Å²) in [5.41, 5.74) is 1.18. The largest absolute Gasteiger partial charge is 0.490 e. The van der Waals surface area contributed by atoms with Crippen molar-refractivity contribution in [2.45, 2.75) is 38.6 Å². The van der Waals surface area contributed by atoms with Crippen molar-refractivity contribution >= 4 is 0 Å². The first-order chi connectivity index (χ1) is 10.7. The number of aliphatic hydroxyl groups excluding tert-OH is 1. The van der Waals surface area contributed by atoms with Crippen molar-refractivity contribution in [1.82, 2.24) is 10.3 Å². The molecule has 5 heteroatoms. The maximum absolute atomic E-state index is 8.75. The molecule has 22 heavy (non-hydrogen) atoms. The Balaban J connectivity index is 1.81. The van der Waals surface area contributed by atoms with Gasteiger partial charge in [0.25, 0.3) is 0 Å². The van der Waals surface area contributed by atoms with Crippen LogP contribution in [0.2, 0.25) is 0 Å². The number of aromatic nitrogens is 1. The molecular formula is C17H28N2O3. The molecule has 0 spiro atoms. The highest BCUT2D eigenvalue weighted by molar-refractivity contribution is 5.26. The van der Waals surface area contributed by atoms with Crippen LogP contribution in [0.25, 0.3) is 0 Å². The molecule has 124 valence electrons. The van der Waals surface area contributed by atoms with Gasteiger partial charge in [-0.2, -0.15) is 0 Å². The van der Waals surface area contributed by atoms with Crippen molar-refractivity contribution in [1.29, 1.82) is 0 Å². The Hall–Kier alpha value is -1.17. The van der Waals surface area contributed by atoms with Crippen molar-refractivity contribution in [2.24, 2.45) is 5.92 Å². The molecular weight excluding hydrogens is 280 g/mol. The summed E-state index contributed by atoms with van der Waals surface area (Å²) < 4.78 is 11.4. The average Bonchev–Trinajstić information content (AvgIpc) is 2.49. The Labute approximate surface area is 133 Å². The number of aliphatic hydroxyl groups is 1. The van der Waals surface area contributed by atoms with Gasteiger partial charge in [-0.25, -0.2) is 0 Å². The van der Waals surface area contributed by atoms with Crippen LogP contribution in [-0.2, 0) is 4.74 Å². The summed E-state index contributed by atoms with van der Waals surface area (Å²) in [5, 5.41) is 12.1. The van der Waals surface area contributed by atoms with E-state index in [0.29, 0.717) is 44.1 Å². The van der Waals surface area contributed by atoms with E-state index in [0.717, 1.165) is 12.3 Å². The molecule has 0 aromatic carbocycles. The van der Waals surface area contributed by atoms with Gasteiger partial charge in [-0.15, -0.1) is 0 Å². The lowest BCUT2D eigenvalue weighted by atomic mass is 9.90. The Kier molecular flexibility index (Phi) is 7.09. The minimum atomic E-state index is 0.184. The van der Waals surface area contributed by atoms with E-state index < -0.39 is 0 Å². The zero-order valence-corrected chi connectivity index (χ0v) is 13.6. The first-order valence-electron chi connectivity index (χ1n) is 8.20. The Morgan fingerprint density at radius 1 is 1.41 bits per heavy atom. The standard InChI is InChI=1S/C17H28N2O3/c1-13(11-21-7-3-6-20)14(2)15-8-17(10-18-9-15)22-12-16-4-5-19-16/h8-10,13-14,16,19-20H,3-7,11-12H2,1-2H3/t13-,14+,16+/m1/s1. The highest BCUT2D eigenvalue weighted by Crippen LogP contribution is 2.26. The summed E-state index contributed by atoms with van der Waals surface area (Å²) in [7, 11) is 0. The van der Waals surface area contributed by atoms with E-state index in [2.05, 4.69) is 30.2 Å². The minimum Gasteiger partial charge on any atom is -0.490 e. The molecule has 1 aromatic heterocycles. The summed E-state index contributed by atoms with van der Waals surface area (Å²) in [6.07, 6.45) is 5.56. The highest BCUT2D eigenvalue weighted by atomic mass is 16.5. The molecule has 1 fully saturated rings. The zero-order valence-electron chi connectivity index (χ0n) is 13.6. The number of rotatable bonds is 10. The first kappa shape index (κ1) is 17.2. The summed E-state index contributed by atoms with van der Waals surface area (Å²) in [6, 6.07) is 2.57. The van der Waals surface area contributed by atoms with Crippen LogP contribution >= 0.6 is 0 Å². The molecule has 2 N–H and O–H groups in total. The van der Waals surface area contributed by atoms with E-state index in [1.807, 2.05) is 6.20 Å². The van der Waals surface area contributed by atoms with Crippen LogP contribution in [-0.4, -0.2) is 49.1 Å². The van der Waals surface area contributed by atoms with Gasteiger partial charge in [0.1, 0.15) is 12.4 Å². The molecule has 3 atom stereocenters. The number of nitrogens with one attached hydrogen (secondary N) is 1. The molecule has 0 amide bonds. The zero-order chi connectivity index (χ0) is 15.8. The summed E-state index contributed by atoms with van der Waals surface area (Å²) in [6.45, 7) is 7.66. The van der Waals surface area contributed by atoms with Crippen molar-refractivity contribution in [3.8, 4) is 5.75 Å². The van der Waals surface area contributed by atoms with Crippen LogP contribution in [0, 0.1) is 5.92 Å². The summed E-state index contributed by atoms with van der Waals surface area (Å²) in [4.78, 5) is 4.30. The third-order valence-corrected chi connectivity index (χ3v) is 4.32. The summed E-state index contributed by atoms with van der Waals surface area (Å²) >= 11 is 0. The maximum Gasteiger partial charge on any atom is 0.137 e. The predicted octanol–water partition coefficient (Wildman–Crippen LogP) is 1.96. The van der Waals surface area contributed by atoms with Crippen molar-refractivity contribution in [2.75, 3.05) is 33.0 Å². The molecule has 1 saturated heterocycles. The third kappa shape index (κ3) is 5.23. The van der Waals surface area contributed by atoms with Gasteiger partial charge in [-0.3, -0.25) is 4.98 Å².